The van der Waals surface area contributed by atoms with Gasteiger partial charge in [0.15, 0.2) is 5.96 Å². The summed E-state index contributed by atoms with van der Waals surface area (Å²) in [4.78, 5) is 28.7. The largest absolute Gasteiger partial charge is 0.450 e. The first kappa shape index (κ1) is 22.8. The number of nitro benzene ring substituents is 1. The zero-order valence-electron chi connectivity index (χ0n) is 17.9. The number of ether oxygens (including phenoxy) is 2. The lowest BCUT2D eigenvalue weighted by Gasteiger charge is -2.32. The van der Waals surface area contributed by atoms with Crippen molar-refractivity contribution in [3.05, 3.63) is 39.9 Å². The fraction of sp³-hybridized carbons (Fsp3) is 0.619. The summed E-state index contributed by atoms with van der Waals surface area (Å²) in [5.74, 6) is 0.684. The van der Waals surface area contributed by atoms with Crippen molar-refractivity contribution >= 4 is 17.7 Å². The number of nitro groups is 1. The Morgan fingerprint density at radius 3 is 2.65 bits per heavy atom. The molecule has 0 spiro atoms. The minimum absolute atomic E-state index is 0.0657. The van der Waals surface area contributed by atoms with Crippen LogP contribution < -0.4 is 10.6 Å². The van der Waals surface area contributed by atoms with E-state index in [2.05, 4.69) is 15.6 Å². The van der Waals surface area contributed by atoms with Crippen molar-refractivity contribution in [1.29, 1.82) is 0 Å². The van der Waals surface area contributed by atoms with E-state index in [1.54, 1.807) is 24.0 Å². The predicted octanol–water partition coefficient (Wildman–Crippen LogP) is 2.43. The number of benzene rings is 1. The Bertz CT molecular complexity index is 756. The van der Waals surface area contributed by atoms with Crippen molar-refractivity contribution in [3.63, 3.8) is 0 Å². The van der Waals surface area contributed by atoms with Crippen LogP contribution >= 0.6 is 0 Å². The zero-order valence-corrected chi connectivity index (χ0v) is 17.9. The molecule has 10 nitrogen and oxygen atoms in total. The Morgan fingerprint density at radius 1 is 1.29 bits per heavy atom. The highest BCUT2D eigenvalue weighted by Crippen LogP contribution is 2.14. The third-order valence-electron chi connectivity index (χ3n) is 5.45. The highest BCUT2D eigenvalue weighted by molar-refractivity contribution is 5.80. The van der Waals surface area contributed by atoms with Crippen molar-refractivity contribution in [2.45, 2.75) is 51.3 Å². The smallest absolute Gasteiger partial charge is 0.409 e. The first-order chi connectivity index (χ1) is 15.0. The molecule has 3 rings (SSSR count). The van der Waals surface area contributed by atoms with E-state index in [4.69, 9.17) is 9.47 Å². The molecule has 1 unspecified atom stereocenters. The van der Waals surface area contributed by atoms with Gasteiger partial charge in [-0.15, -0.1) is 0 Å². The molecule has 31 heavy (non-hydrogen) atoms. The quantitative estimate of drug-likeness (QED) is 0.293. The first-order valence-corrected chi connectivity index (χ1v) is 10.9. The zero-order chi connectivity index (χ0) is 22.1. The fourth-order valence-corrected chi connectivity index (χ4v) is 3.68. The topological polar surface area (TPSA) is 118 Å². The summed E-state index contributed by atoms with van der Waals surface area (Å²) in [6, 6.07) is 6.61. The third kappa shape index (κ3) is 7.09. The molecule has 0 bridgehead atoms. The van der Waals surface area contributed by atoms with Gasteiger partial charge >= 0.3 is 6.09 Å². The molecule has 1 atom stereocenters. The maximum atomic E-state index is 11.9. The lowest BCUT2D eigenvalue weighted by atomic mass is 10.1. The second kappa shape index (κ2) is 11.5. The van der Waals surface area contributed by atoms with Crippen LogP contribution in [-0.4, -0.2) is 66.9 Å². The van der Waals surface area contributed by atoms with E-state index in [0.717, 1.165) is 37.9 Å². The van der Waals surface area contributed by atoms with E-state index >= 15 is 0 Å². The molecule has 1 aromatic carbocycles. The molecule has 0 aromatic heterocycles. The summed E-state index contributed by atoms with van der Waals surface area (Å²) < 4.78 is 10.8. The van der Waals surface area contributed by atoms with Crippen LogP contribution in [0.2, 0.25) is 0 Å². The minimum Gasteiger partial charge on any atom is -0.450 e. The number of amides is 1. The Morgan fingerprint density at radius 2 is 2.03 bits per heavy atom. The maximum Gasteiger partial charge on any atom is 0.409 e. The molecule has 2 fully saturated rings. The fourth-order valence-electron chi connectivity index (χ4n) is 3.68. The van der Waals surface area contributed by atoms with Crippen molar-refractivity contribution in [1.82, 2.24) is 15.5 Å². The molecule has 1 aromatic rings. The van der Waals surface area contributed by atoms with Crippen molar-refractivity contribution in [3.8, 4) is 0 Å². The summed E-state index contributed by atoms with van der Waals surface area (Å²) in [7, 11) is 0. The summed E-state index contributed by atoms with van der Waals surface area (Å²) in [5.41, 5.74) is 0.955. The molecule has 2 N–H and O–H groups in total. The minimum atomic E-state index is -0.411. The van der Waals surface area contributed by atoms with Gasteiger partial charge in [-0.05, 0) is 38.2 Å². The summed E-state index contributed by atoms with van der Waals surface area (Å²) in [5, 5.41) is 17.7. The number of piperidine rings is 1. The number of nitrogens with zero attached hydrogens (tertiary/aromatic N) is 3. The van der Waals surface area contributed by atoms with E-state index in [0.29, 0.717) is 38.7 Å². The van der Waals surface area contributed by atoms with E-state index in [1.165, 1.54) is 12.1 Å². The number of hydrogen-bond acceptors (Lipinski definition) is 6. The molecule has 170 valence electrons. The van der Waals surface area contributed by atoms with Crippen molar-refractivity contribution < 1.29 is 19.2 Å². The van der Waals surface area contributed by atoms with E-state index in [1.807, 2.05) is 0 Å². The van der Waals surface area contributed by atoms with Crippen LogP contribution in [0.15, 0.2) is 29.3 Å². The van der Waals surface area contributed by atoms with Gasteiger partial charge in [0, 0.05) is 44.4 Å². The number of rotatable bonds is 7. The van der Waals surface area contributed by atoms with Gasteiger partial charge in [0.25, 0.3) is 5.69 Å². The molecule has 2 saturated heterocycles. The molecule has 2 aliphatic rings. The van der Waals surface area contributed by atoms with Gasteiger partial charge in [-0.2, -0.15) is 0 Å². The van der Waals surface area contributed by atoms with Crippen LogP contribution in [0, 0.1) is 10.1 Å². The summed E-state index contributed by atoms with van der Waals surface area (Å²) in [6.45, 7) is 5.33. The van der Waals surface area contributed by atoms with Gasteiger partial charge in [-0.1, -0.05) is 12.1 Å². The highest BCUT2D eigenvalue weighted by Gasteiger charge is 2.24. The van der Waals surface area contributed by atoms with E-state index in [-0.39, 0.29) is 23.9 Å². The lowest BCUT2D eigenvalue weighted by molar-refractivity contribution is -0.384. The Hall–Kier alpha value is -2.88. The SMILES string of the molecule is CCOC(=O)N1CCC(NC(=NCc2ccc([N+](=O)[O-])cc2)NCC2CCCO2)CC1. The number of non-ortho nitro benzene ring substituents is 1. The van der Waals surface area contributed by atoms with Gasteiger partial charge in [0.2, 0.25) is 0 Å². The summed E-state index contributed by atoms with van der Waals surface area (Å²) in [6.07, 6.45) is 3.62. The number of likely N-dealkylation sites (tertiary alicyclic amines) is 1. The third-order valence-corrected chi connectivity index (χ3v) is 5.45. The van der Waals surface area contributed by atoms with E-state index in [9.17, 15) is 14.9 Å². The van der Waals surface area contributed by atoms with Crippen molar-refractivity contribution in [2.75, 3.05) is 32.8 Å². The van der Waals surface area contributed by atoms with Crippen LogP contribution in [-0.2, 0) is 16.0 Å². The molecule has 0 aliphatic carbocycles. The van der Waals surface area contributed by atoms with Gasteiger partial charge in [0.1, 0.15) is 0 Å². The van der Waals surface area contributed by atoms with Crippen LogP contribution in [0.4, 0.5) is 10.5 Å². The van der Waals surface area contributed by atoms with E-state index < -0.39 is 4.92 Å². The predicted molar refractivity (Wildman–Crippen MR) is 116 cm³/mol. The number of hydrogen-bond donors (Lipinski definition) is 2. The number of nitrogens with one attached hydrogen (secondary N) is 2. The van der Waals surface area contributed by atoms with Crippen LogP contribution in [0.25, 0.3) is 0 Å². The lowest BCUT2D eigenvalue weighted by Crippen LogP contribution is -2.50. The second-order valence-corrected chi connectivity index (χ2v) is 7.71. The second-order valence-electron chi connectivity index (χ2n) is 7.71. The van der Waals surface area contributed by atoms with Crippen LogP contribution in [0.1, 0.15) is 38.2 Å². The molecular formula is C21H31N5O5. The Labute approximate surface area is 182 Å². The number of carbonyl (C=O) groups is 1. The normalized spacial score (nSPS) is 19.8. The number of aliphatic imine (C=N–C) groups is 1. The Balaban J connectivity index is 1.57. The highest BCUT2D eigenvalue weighted by atomic mass is 16.6. The molecule has 2 heterocycles. The molecule has 10 heteroatoms. The summed E-state index contributed by atoms with van der Waals surface area (Å²) >= 11 is 0. The number of carbonyl (C=O) groups excluding carboxylic acids is 1. The van der Waals surface area contributed by atoms with Gasteiger partial charge < -0.3 is 25.0 Å². The maximum absolute atomic E-state index is 11.9. The number of guanidine groups is 1. The molecule has 2 aliphatic heterocycles. The molecular weight excluding hydrogens is 402 g/mol. The molecule has 0 radical (unpaired) electrons. The average molecular weight is 434 g/mol. The first-order valence-electron chi connectivity index (χ1n) is 10.9. The van der Waals surface area contributed by atoms with Gasteiger partial charge in [0.05, 0.1) is 24.2 Å². The monoisotopic (exact) mass is 433 g/mol. The van der Waals surface area contributed by atoms with Gasteiger partial charge in [-0.25, -0.2) is 9.79 Å². The molecule has 0 saturated carbocycles. The molecule has 1 amide bonds. The Kier molecular flexibility index (Phi) is 8.45. The van der Waals surface area contributed by atoms with Crippen LogP contribution in [0.5, 0.6) is 0 Å². The van der Waals surface area contributed by atoms with Gasteiger partial charge in [-0.3, -0.25) is 10.1 Å². The standard InChI is InChI=1S/C21H31N5O5/c1-2-30-21(27)25-11-9-17(10-12-25)24-20(23-15-19-4-3-13-31-19)22-14-16-5-7-18(8-6-16)26(28)29/h5-8,17,19H,2-4,9-15H2,1H3,(H2,22,23,24). The average Bonchev–Trinajstić information content (AvgIpc) is 3.30. The van der Waals surface area contributed by atoms with Crippen LogP contribution in [0.3, 0.4) is 0 Å². The van der Waals surface area contributed by atoms with Crippen molar-refractivity contribution in [2.24, 2.45) is 4.99 Å².